The first kappa shape index (κ1) is 19.1. The predicted octanol–water partition coefficient (Wildman–Crippen LogP) is 1.94. The number of piperazine rings is 1. The van der Waals surface area contributed by atoms with Crippen LogP contribution in [0.4, 0.5) is 11.4 Å². The van der Waals surface area contributed by atoms with Crippen LogP contribution in [0, 0.1) is 16.0 Å². The molecule has 0 bridgehead atoms. The number of rotatable bonds is 5. The Hall–Kier alpha value is -2.64. The smallest absolute Gasteiger partial charge is 0.292 e. The Bertz CT molecular complexity index is 709. The number of carbonyl (C=O) groups excluding carboxylic acids is 2. The first-order chi connectivity index (χ1) is 13.0. The molecule has 8 heteroatoms. The Kier molecular flexibility index (Phi) is 5.93. The van der Waals surface area contributed by atoms with Gasteiger partial charge in [-0.1, -0.05) is 25.0 Å². The van der Waals surface area contributed by atoms with E-state index in [9.17, 15) is 19.7 Å². The quantitative estimate of drug-likeness (QED) is 0.628. The number of benzene rings is 1. The average Bonchev–Trinajstić information content (AvgIpc) is 3.20. The minimum atomic E-state index is -0.456. The third-order valence-corrected chi connectivity index (χ3v) is 5.51. The largest absolute Gasteiger partial charge is 0.362 e. The van der Waals surface area contributed by atoms with Crippen LogP contribution >= 0.6 is 0 Å². The van der Waals surface area contributed by atoms with Crippen LogP contribution in [0.2, 0.25) is 0 Å². The molecular formula is C19H26N4O4. The van der Waals surface area contributed by atoms with Crippen LogP contribution in [0.3, 0.4) is 0 Å². The van der Waals surface area contributed by atoms with Crippen molar-refractivity contribution in [2.45, 2.75) is 38.6 Å². The van der Waals surface area contributed by atoms with Crippen LogP contribution in [0.5, 0.6) is 0 Å². The van der Waals surface area contributed by atoms with Gasteiger partial charge in [0.05, 0.1) is 4.92 Å². The Morgan fingerprint density at radius 1 is 1.15 bits per heavy atom. The molecule has 1 N–H and O–H groups in total. The highest BCUT2D eigenvalue weighted by Crippen LogP contribution is 2.30. The summed E-state index contributed by atoms with van der Waals surface area (Å²) >= 11 is 0. The first-order valence-electron chi connectivity index (χ1n) is 9.51. The topological polar surface area (TPSA) is 95.8 Å². The lowest BCUT2D eigenvalue weighted by Gasteiger charge is -2.38. The van der Waals surface area contributed by atoms with Gasteiger partial charge in [0.15, 0.2) is 0 Å². The maximum absolute atomic E-state index is 13.0. The Balaban J connectivity index is 1.66. The summed E-state index contributed by atoms with van der Waals surface area (Å²) in [7, 11) is 0. The number of hydrogen-bond acceptors (Lipinski definition) is 5. The van der Waals surface area contributed by atoms with E-state index in [4.69, 9.17) is 0 Å². The van der Waals surface area contributed by atoms with Crippen molar-refractivity contribution in [3.63, 3.8) is 0 Å². The molecule has 1 saturated carbocycles. The summed E-state index contributed by atoms with van der Waals surface area (Å²) in [5.74, 6) is -0.00671. The molecule has 1 aromatic carbocycles. The molecule has 1 heterocycles. The van der Waals surface area contributed by atoms with E-state index in [1.807, 2.05) is 4.90 Å². The third kappa shape index (κ3) is 4.37. The summed E-state index contributed by atoms with van der Waals surface area (Å²) < 4.78 is 0. The van der Waals surface area contributed by atoms with E-state index >= 15 is 0 Å². The second-order valence-electron chi connectivity index (χ2n) is 7.28. The molecule has 1 aliphatic heterocycles. The monoisotopic (exact) mass is 374 g/mol. The number of nitro benzene ring substituents is 1. The molecule has 1 unspecified atom stereocenters. The van der Waals surface area contributed by atoms with Gasteiger partial charge in [0, 0.05) is 39.2 Å². The van der Waals surface area contributed by atoms with Crippen LogP contribution in [-0.2, 0) is 9.59 Å². The SMILES string of the molecule is CC(=O)NC(C(=O)N1CCN(c2ccccc2[N+](=O)[O-])CC1)C1CCCC1. The molecule has 1 saturated heterocycles. The number of hydrogen-bond donors (Lipinski definition) is 1. The molecule has 0 aromatic heterocycles. The predicted molar refractivity (Wildman–Crippen MR) is 101 cm³/mol. The normalized spacial score (nSPS) is 19.0. The zero-order valence-electron chi connectivity index (χ0n) is 15.6. The fourth-order valence-corrected chi connectivity index (χ4v) is 4.14. The number of nitrogens with one attached hydrogen (secondary N) is 1. The highest BCUT2D eigenvalue weighted by atomic mass is 16.6. The molecule has 8 nitrogen and oxygen atoms in total. The highest BCUT2D eigenvalue weighted by molar-refractivity contribution is 5.87. The molecule has 1 atom stereocenters. The van der Waals surface area contributed by atoms with Crippen LogP contribution < -0.4 is 10.2 Å². The summed E-state index contributed by atoms with van der Waals surface area (Å²) in [6.45, 7) is 3.51. The Morgan fingerprint density at radius 3 is 2.37 bits per heavy atom. The second kappa shape index (κ2) is 8.37. The lowest BCUT2D eigenvalue weighted by Crippen LogP contribution is -2.56. The lowest BCUT2D eigenvalue weighted by molar-refractivity contribution is -0.384. The minimum Gasteiger partial charge on any atom is -0.362 e. The number of carbonyl (C=O) groups is 2. The van der Waals surface area contributed by atoms with Crippen molar-refractivity contribution < 1.29 is 14.5 Å². The summed E-state index contributed by atoms with van der Waals surface area (Å²) in [6, 6.07) is 6.23. The molecule has 3 rings (SSSR count). The van der Waals surface area contributed by atoms with Gasteiger partial charge in [0.1, 0.15) is 11.7 Å². The number of nitro groups is 1. The van der Waals surface area contributed by atoms with Crippen molar-refractivity contribution in [2.24, 2.45) is 5.92 Å². The second-order valence-corrected chi connectivity index (χ2v) is 7.28. The number of anilines is 1. The van der Waals surface area contributed by atoms with E-state index in [0.717, 1.165) is 25.7 Å². The molecule has 0 radical (unpaired) electrons. The van der Waals surface area contributed by atoms with Gasteiger partial charge in [-0.3, -0.25) is 19.7 Å². The Labute approximate surface area is 158 Å². The van der Waals surface area contributed by atoms with Gasteiger partial charge in [-0.15, -0.1) is 0 Å². The summed E-state index contributed by atoms with van der Waals surface area (Å²) in [5.41, 5.74) is 0.670. The average molecular weight is 374 g/mol. The van der Waals surface area contributed by atoms with Crippen LogP contribution in [-0.4, -0.2) is 53.9 Å². The molecule has 2 aliphatic rings. The van der Waals surface area contributed by atoms with Crippen molar-refractivity contribution >= 4 is 23.2 Å². The van der Waals surface area contributed by atoms with Crippen molar-refractivity contribution in [1.82, 2.24) is 10.2 Å². The van der Waals surface area contributed by atoms with Crippen molar-refractivity contribution in [3.8, 4) is 0 Å². The van der Waals surface area contributed by atoms with E-state index in [-0.39, 0.29) is 28.3 Å². The summed E-state index contributed by atoms with van der Waals surface area (Å²) in [5, 5.41) is 14.1. The van der Waals surface area contributed by atoms with E-state index in [2.05, 4.69) is 5.32 Å². The summed E-state index contributed by atoms with van der Waals surface area (Å²) in [6.07, 6.45) is 4.12. The summed E-state index contributed by atoms with van der Waals surface area (Å²) in [4.78, 5) is 39.2. The molecule has 0 spiro atoms. The third-order valence-electron chi connectivity index (χ3n) is 5.51. The van der Waals surface area contributed by atoms with Gasteiger partial charge >= 0.3 is 0 Å². The van der Waals surface area contributed by atoms with Gasteiger partial charge in [-0.05, 0) is 24.8 Å². The van der Waals surface area contributed by atoms with E-state index in [1.54, 1.807) is 23.1 Å². The maximum atomic E-state index is 13.0. The zero-order chi connectivity index (χ0) is 19.4. The molecule has 146 valence electrons. The maximum Gasteiger partial charge on any atom is 0.292 e. The van der Waals surface area contributed by atoms with Crippen LogP contribution in [0.25, 0.3) is 0 Å². The first-order valence-corrected chi connectivity index (χ1v) is 9.51. The van der Waals surface area contributed by atoms with Crippen molar-refractivity contribution in [1.29, 1.82) is 0 Å². The fraction of sp³-hybridized carbons (Fsp3) is 0.579. The van der Waals surface area contributed by atoms with Gasteiger partial charge in [0.25, 0.3) is 5.69 Å². The van der Waals surface area contributed by atoms with Crippen molar-refractivity contribution in [3.05, 3.63) is 34.4 Å². The van der Waals surface area contributed by atoms with Gasteiger partial charge < -0.3 is 15.1 Å². The zero-order valence-corrected chi connectivity index (χ0v) is 15.6. The van der Waals surface area contributed by atoms with Gasteiger partial charge in [-0.25, -0.2) is 0 Å². The molecule has 2 fully saturated rings. The molecular weight excluding hydrogens is 348 g/mol. The number of amides is 2. The van der Waals surface area contributed by atoms with E-state index in [0.29, 0.717) is 31.9 Å². The molecule has 27 heavy (non-hydrogen) atoms. The fourth-order valence-electron chi connectivity index (χ4n) is 4.14. The number of para-hydroxylation sites is 2. The number of nitrogens with zero attached hydrogens (tertiary/aromatic N) is 3. The molecule has 2 amide bonds. The standard InChI is InChI=1S/C19H26N4O4/c1-14(24)20-18(15-6-2-3-7-15)19(25)22-12-10-21(11-13-22)16-8-4-5-9-17(16)23(26)27/h4-5,8-9,15,18H,2-3,6-7,10-13H2,1H3,(H,20,24). The van der Waals surface area contributed by atoms with Crippen LogP contribution in [0.1, 0.15) is 32.6 Å². The minimum absolute atomic E-state index is 0.0284. The molecule has 1 aliphatic carbocycles. The van der Waals surface area contributed by atoms with E-state index in [1.165, 1.54) is 13.0 Å². The molecule has 1 aromatic rings. The van der Waals surface area contributed by atoms with Crippen molar-refractivity contribution in [2.75, 3.05) is 31.1 Å². The lowest BCUT2D eigenvalue weighted by atomic mass is 9.96. The Morgan fingerprint density at radius 2 is 1.78 bits per heavy atom. The highest BCUT2D eigenvalue weighted by Gasteiger charge is 2.35. The van der Waals surface area contributed by atoms with Gasteiger partial charge in [0.2, 0.25) is 11.8 Å². The van der Waals surface area contributed by atoms with Crippen LogP contribution in [0.15, 0.2) is 24.3 Å². The van der Waals surface area contributed by atoms with E-state index < -0.39 is 6.04 Å². The van der Waals surface area contributed by atoms with Gasteiger partial charge in [-0.2, -0.15) is 0 Å².